The third kappa shape index (κ3) is 7.65. The first-order valence-electron chi connectivity index (χ1n) is 6.17. The van der Waals surface area contributed by atoms with Crippen molar-refractivity contribution >= 4 is 5.91 Å². The second kappa shape index (κ2) is 8.53. The predicted molar refractivity (Wildman–Crippen MR) is 66.0 cm³/mol. The minimum Gasteiger partial charge on any atom is -0.379 e. The molecule has 0 radical (unpaired) electrons. The second-order valence-corrected chi connectivity index (χ2v) is 4.60. The van der Waals surface area contributed by atoms with Crippen LogP contribution in [0.25, 0.3) is 0 Å². The standard InChI is InChI=1S/C12H26N2O2/c1-3-4-5-6-7-8-9-16-10-12(2,14)11(13)15/h3-10,14H2,1-2H3,(H2,13,15). The van der Waals surface area contributed by atoms with Crippen molar-refractivity contribution in [2.75, 3.05) is 13.2 Å². The third-order valence-corrected chi connectivity index (χ3v) is 2.61. The SMILES string of the molecule is CCCCCCCCOCC(C)(N)C(N)=O. The molecule has 0 bridgehead atoms. The Morgan fingerprint density at radius 3 is 2.31 bits per heavy atom. The summed E-state index contributed by atoms with van der Waals surface area (Å²) in [6.45, 7) is 4.66. The third-order valence-electron chi connectivity index (χ3n) is 2.61. The van der Waals surface area contributed by atoms with Crippen LogP contribution in [0.15, 0.2) is 0 Å². The van der Waals surface area contributed by atoms with E-state index in [-0.39, 0.29) is 6.61 Å². The Morgan fingerprint density at radius 1 is 1.19 bits per heavy atom. The van der Waals surface area contributed by atoms with Crippen LogP contribution < -0.4 is 11.5 Å². The van der Waals surface area contributed by atoms with Gasteiger partial charge in [0.15, 0.2) is 0 Å². The molecule has 4 N–H and O–H groups in total. The van der Waals surface area contributed by atoms with Crippen LogP contribution in [0.1, 0.15) is 52.4 Å². The van der Waals surface area contributed by atoms with Gasteiger partial charge in [-0.1, -0.05) is 39.0 Å². The molecule has 1 unspecified atom stereocenters. The summed E-state index contributed by atoms with van der Waals surface area (Å²) in [4.78, 5) is 10.9. The molecular weight excluding hydrogens is 204 g/mol. The predicted octanol–water partition coefficient (Wildman–Crippen LogP) is 1.57. The summed E-state index contributed by atoms with van der Waals surface area (Å²) in [5, 5.41) is 0. The molecule has 0 aromatic heterocycles. The van der Waals surface area contributed by atoms with Crippen LogP contribution in [-0.4, -0.2) is 24.7 Å². The van der Waals surface area contributed by atoms with Crippen LogP contribution in [0.4, 0.5) is 0 Å². The summed E-state index contributed by atoms with van der Waals surface area (Å²) in [7, 11) is 0. The van der Waals surface area contributed by atoms with Gasteiger partial charge < -0.3 is 16.2 Å². The van der Waals surface area contributed by atoms with Crippen LogP contribution in [-0.2, 0) is 9.53 Å². The molecule has 0 aliphatic carbocycles. The van der Waals surface area contributed by atoms with E-state index >= 15 is 0 Å². The Hall–Kier alpha value is -0.610. The summed E-state index contributed by atoms with van der Waals surface area (Å²) >= 11 is 0. The van der Waals surface area contributed by atoms with E-state index in [2.05, 4.69) is 6.92 Å². The van der Waals surface area contributed by atoms with Crippen molar-refractivity contribution in [1.29, 1.82) is 0 Å². The van der Waals surface area contributed by atoms with Gasteiger partial charge in [0, 0.05) is 6.61 Å². The minimum absolute atomic E-state index is 0.206. The number of hydrogen-bond donors (Lipinski definition) is 2. The van der Waals surface area contributed by atoms with Crippen molar-refractivity contribution in [3.8, 4) is 0 Å². The lowest BCUT2D eigenvalue weighted by Crippen LogP contribution is -2.52. The van der Waals surface area contributed by atoms with Gasteiger partial charge in [0.2, 0.25) is 5.91 Å². The van der Waals surface area contributed by atoms with Crippen LogP contribution in [0.5, 0.6) is 0 Å². The molecule has 1 amide bonds. The smallest absolute Gasteiger partial charge is 0.239 e. The number of nitrogens with two attached hydrogens (primary N) is 2. The first-order valence-corrected chi connectivity index (χ1v) is 6.17. The Bertz CT molecular complexity index is 193. The molecule has 1 atom stereocenters. The number of carbonyl (C=O) groups excluding carboxylic acids is 1. The van der Waals surface area contributed by atoms with Gasteiger partial charge >= 0.3 is 0 Å². The largest absolute Gasteiger partial charge is 0.379 e. The Balaban J connectivity index is 3.30. The number of ether oxygens (including phenoxy) is 1. The lowest BCUT2D eigenvalue weighted by molar-refractivity contribution is -0.124. The lowest BCUT2D eigenvalue weighted by Gasteiger charge is -2.19. The van der Waals surface area contributed by atoms with Crippen LogP contribution in [0.3, 0.4) is 0 Å². The highest BCUT2D eigenvalue weighted by Crippen LogP contribution is 2.05. The number of primary amides is 1. The van der Waals surface area contributed by atoms with Crippen LogP contribution >= 0.6 is 0 Å². The van der Waals surface area contributed by atoms with Crippen molar-refractivity contribution in [2.45, 2.75) is 57.9 Å². The molecule has 0 saturated heterocycles. The average molecular weight is 230 g/mol. The molecule has 0 aliphatic heterocycles. The fourth-order valence-electron chi connectivity index (χ4n) is 1.34. The summed E-state index contributed by atoms with van der Waals surface area (Å²) in [6.07, 6.45) is 7.33. The zero-order valence-electron chi connectivity index (χ0n) is 10.6. The highest BCUT2D eigenvalue weighted by molar-refractivity contribution is 5.83. The second-order valence-electron chi connectivity index (χ2n) is 4.60. The van der Waals surface area contributed by atoms with Gasteiger partial charge in [-0.15, -0.1) is 0 Å². The zero-order valence-corrected chi connectivity index (χ0v) is 10.6. The van der Waals surface area contributed by atoms with E-state index in [1.807, 2.05) is 0 Å². The van der Waals surface area contributed by atoms with Crippen LogP contribution in [0, 0.1) is 0 Å². The average Bonchev–Trinajstić information content (AvgIpc) is 2.21. The normalized spacial score (nSPS) is 14.7. The first kappa shape index (κ1) is 15.4. The molecule has 0 saturated carbocycles. The number of rotatable bonds is 10. The first-order chi connectivity index (χ1) is 7.50. The maximum absolute atomic E-state index is 10.9. The molecule has 0 aromatic rings. The van der Waals surface area contributed by atoms with Crippen molar-refractivity contribution in [3.63, 3.8) is 0 Å². The molecular formula is C12H26N2O2. The van der Waals surface area contributed by atoms with Gasteiger partial charge in [-0.3, -0.25) is 4.79 Å². The molecule has 0 heterocycles. The highest BCUT2D eigenvalue weighted by atomic mass is 16.5. The van der Waals surface area contributed by atoms with E-state index in [0.29, 0.717) is 6.61 Å². The highest BCUT2D eigenvalue weighted by Gasteiger charge is 2.25. The number of hydrogen-bond acceptors (Lipinski definition) is 3. The van der Waals surface area contributed by atoms with Gasteiger partial charge in [-0.05, 0) is 13.3 Å². The Kier molecular flexibility index (Phi) is 8.21. The van der Waals surface area contributed by atoms with E-state index in [1.165, 1.54) is 32.1 Å². The Labute approximate surface area is 98.7 Å². The summed E-state index contributed by atoms with van der Waals surface area (Å²) in [6, 6.07) is 0. The minimum atomic E-state index is -1.04. The maximum Gasteiger partial charge on any atom is 0.239 e. The molecule has 0 aliphatic rings. The molecule has 0 aromatic carbocycles. The summed E-state index contributed by atoms with van der Waals surface area (Å²) < 4.78 is 5.34. The van der Waals surface area contributed by atoms with Gasteiger partial charge in [0.05, 0.1) is 6.61 Å². The van der Waals surface area contributed by atoms with E-state index in [0.717, 1.165) is 6.42 Å². The molecule has 0 rings (SSSR count). The summed E-state index contributed by atoms with van der Waals surface area (Å²) in [5.41, 5.74) is 9.72. The van der Waals surface area contributed by atoms with Crippen molar-refractivity contribution in [2.24, 2.45) is 11.5 Å². The molecule has 0 spiro atoms. The molecule has 16 heavy (non-hydrogen) atoms. The zero-order chi connectivity index (χ0) is 12.4. The maximum atomic E-state index is 10.9. The molecule has 0 fully saturated rings. The number of unbranched alkanes of at least 4 members (excludes halogenated alkanes) is 5. The summed E-state index contributed by atoms with van der Waals surface area (Å²) in [5.74, 6) is -0.518. The van der Waals surface area contributed by atoms with E-state index in [4.69, 9.17) is 16.2 Å². The van der Waals surface area contributed by atoms with Gasteiger partial charge in [-0.25, -0.2) is 0 Å². The fourth-order valence-corrected chi connectivity index (χ4v) is 1.34. The van der Waals surface area contributed by atoms with Crippen molar-refractivity contribution in [1.82, 2.24) is 0 Å². The monoisotopic (exact) mass is 230 g/mol. The quantitative estimate of drug-likeness (QED) is 0.559. The molecule has 4 heteroatoms. The molecule has 4 nitrogen and oxygen atoms in total. The Morgan fingerprint density at radius 2 is 1.75 bits per heavy atom. The van der Waals surface area contributed by atoms with E-state index < -0.39 is 11.4 Å². The number of carbonyl (C=O) groups is 1. The van der Waals surface area contributed by atoms with E-state index in [9.17, 15) is 4.79 Å². The fraction of sp³-hybridized carbons (Fsp3) is 0.917. The topological polar surface area (TPSA) is 78.3 Å². The number of amides is 1. The van der Waals surface area contributed by atoms with Crippen LogP contribution in [0.2, 0.25) is 0 Å². The van der Waals surface area contributed by atoms with Gasteiger partial charge in [0.1, 0.15) is 5.54 Å². The lowest BCUT2D eigenvalue weighted by atomic mass is 10.1. The van der Waals surface area contributed by atoms with Gasteiger partial charge in [-0.2, -0.15) is 0 Å². The van der Waals surface area contributed by atoms with Crippen molar-refractivity contribution in [3.05, 3.63) is 0 Å². The van der Waals surface area contributed by atoms with Crippen molar-refractivity contribution < 1.29 is 9.53 Å². The molecule has 96 valence electrons. The van der Waals surface area contributed by atoms with E-state index in [1.54, 1.807) is 6.92 Å². The van der Waals surface area contributed by atoms with Gasteiger partial charge in [0.25, 0.3) is 0 Å².